The van der Waals surface area contributed by atoms with Gasteiger partial charge in [0, 0.05) is 5.69 Å². The molecule has 7 nitrogen and oxygen atoms in total. The summed E-state index contributed by atoms with van der Waals surface area (Å²) in [6.07, 6.45) is 1.34. The summed E-state index contributed by atoms with van der Waals surface area (Å²) in [6.45, 7) is 5.98. The number of aryl methyl sites for hydroxylation is 2. The van der Waals surface area contributed by atoms with Crippen molar-refractivity contribution >= 4 is 39.6 Å². The molecule has 8 heteroatoms. The molecule has 2 rings (SSSR count). The molecule has 0 saturated heterocycles. The van der Waals surface area contributed by atoms with Gasteiger partial charge in [-0.2, -0.15) is 5.10 Å². The highest BCUT2D eigenvalue weighted by Gasteiger charge is 2.13. The third-order valence-corrected chi connectivity index (χ3v) is 4.02. The number of halogens is 1. The molecule has 27 heavy (non-hydrogen) atoms. The number of nitrogens with zero attached hydrogens (tertiary/aromatic N) is 1. The van der Waals surface area contributed by atoms with Crippen molar-refractivity contribution in [2.45, 2.75) is 20.8 Å². The van der Waals surface area contributed by atoms with Crippen LogP contribution in [0.5, 0.6) is 11.5 Å². The largest absolute Gasteiger partial charge is 0.503 e. The van der Waals surface area contributed by atoms with Crippen LogP contribution in [0, 0.1) is 13.8 Å². The van der Waals surface area contributed by atoms with Gasteiger partial charge in [0.25, 0.3) is 0 Å². The lowest BCUT2D eigenvalue weighted by Crippen LogP contribution is -2.32. The zero-order valence-electron chi connectivity index (χ0n) is 15.2. The van der Waals surface area contributed by atoms with Crippen LogP contribution in [0.4, 0.5) is 5.69 Å². The number of phenolic OH excluding ortho intramolecular Hbond substituents is 1. The molecule has 3 N–H and O–H groups in total. The number of benzene rings is 2. The van der Waals surface area contributed by atoms with Crippen molar-refractivity contribution in [3.63, 3.8) is 0 Å². The Kier molecular flexibility index (Phi) is 6.95. The molecular formula is C19H20BrN3O4. The number of phenols is 1. The Morgan fingerprint density at radius 1 is 1.15 bits per heavy atom. The molecule has 0 saturated carbocycles. The van der Waals surface area contributed by atoms with Gasteiger partial charge in [-0.05, 0) is 77.7 Å². The molecule has 2 aromatic carbocycles. The van der Waals surface area contributed by atoms with Crippen LogP contribution in [0.15, 0.2) is 39.9 Å². The van der Waals surface area contributed by atoms with E-state index >= 15 is 0 Å². The number of rotatable bonds is 5. The summed E-state index contributed by atoms with van der Waals surface area (Å²) in [6, 6.07) is 8.67. The molecule has 0 unspecified atom stereocenters. The molecule has 0 aliphatic heterocycles. The molecule has 0 aliphatic carbocycles. The molecular weight excluding hydrogens is 414 g/mol. The first-order valence-corrected chi connectivity index (χ1v) is 8.97. The third kappa shape index (κ3) is 5.82. The van der Waals surface area contributed by atoms with Crippen molar-refractivity contribution in [3.8, 4) is 11.5 Å². The summed E-state index contributed by atoms with van der Waals surface area (Å²) >= 11 is 3.22. The van der Waals surface area contributed by atoms with Crippen molar-refractivity contribution in [2.24, 2.45) is 5.10 Å². The standard InChI is InChI=1S/C19H20BrN3O4/c1-4-27-16-9-13(8-15(20)17(16)24)10-21-23-19(26)18(25)22-14-6-11(2)5-12(3)7-14/h5-10,24H,4H2,1-3H3,(H,22,25)(H,23,26)/b21-10+. The lowest BCUT2D eigenvalue weighted by Gasteiger charge is -2.08. The van der Waals surface area contributed by atoms with Gasteiger partial charge in [0.05, 0.1) is 17.3 Å². The van der Waals surface area contributed by atoms with Crippen molar-refractivity contribution in [1.82, 2.24) is 5.43 Å². The van der Waals surface area contributed by atoms with E-state index in [1.807, 2.05) is 19.9 Å². The van der Waals surface area contributed by atoms with E-state index < -0.39 is 11.8 Å². The van der Waals surface area contributed by atoms with Crippen LogP contribution in [0.3, 0.4) is 0 Å². The number of aromatic hydroxyl groups is 1. The second-order valence-electron chi connectivity index (χ2n) is 5.81. The van der Waals surface area contributed by atoms with Gasteiger partial charge in [-0.1, -0.05) is 6.07 Å². The molecule has 0 aromatic heterocycles. The fourth-order valence-electron chi connectivity index (χ4n) is 2.38. The summed E-state index contributed by atoms with van der Waals surface area (Å²) < 4.78 is 5.74. The van der Waals surface area contributed by atoms with E-state index in [1.54, 1.807) is 31.2 Å². The van der Waals surface area contributed by atoms with Gasteiger partial charge in [-0.15, -0.1) is 0 Å². The summed E-state index contributed by atoms with van der Waals surface area (Å²) in [5, 5.41) is 16.2. The quantitative estimate of drug-likeness (QED) is 0.382. The van der Waals surface area contributed by atoms with Gasteiger partial charge >= 0.3 is 11.8 Å². The van der Waals surface area contributed by atoms with Crippen molar-refractivity contribution < 1.29 is 19.4 Å². The van der Waals surface area contributed by atoms with E-state index in [2.05, 4.69) is 31.8 Å². The Balaban J connectivity index is 2.01. The molecule has 0 spiro atoms. The summed E-state index contributed by atoms with van der Waals surface area (Å²) in [4.78, 5) is 23.8. The molecule has 0 bridgehead atoms. The Bertz CT molecular complexity index is 877. The Labute approximate surface area is 165 Å². The average Bonchev–Trinajstić information content (AvgIpc) is 2.58. The number of anilines is 1. The third-order valence-electron chi connectivity index (χ3n) is 3.42. The molecule has 2 amide bonds. The minimum atomic E-state index is -0.895. The number of hydrazone groups is 1. The van der Waals surface area contributed by atoms with Gasteiger partial charge in [0.2, 0.25) is 0 Å². The zero-order chi connectivity index (χ0) is 20.0. The fourth-order valence-corrected chi connectivity index (χ4v) is 2.84. The number of hydrogen-bond acceptors (Lipinski definition) is 5. The first kappa shape index (κ1) is 20.4. The average molecular weight is 434 g/mol. The van der Waals surface area contributed by atoms with Crippen molar-refractivity contribution in [2.75, 3.05) is 11.9 Å². The minimum Gasteiger partial charge on any atom is -0.503 e. The topological polar surface area (TPSA) is 100 Å². The summed E-state index contributed by atoms with van der Waals surface area (Å²) in [7, 11) is 0. The highest BCUT2D eigenvalue weighted by atomic mass is 79.9. The van der Waals surface area contributed by atoms with Crippen LogP contribution in [0.2, 0.25) is 0 Å². The number of nitrogens with one attached hydrogen (secondary N) is 2. The SMILES string of the molecule is CCOc1cc(/C=N/NC(=O)C(=O)Nc2cc(C)cc(C)c2)cc(Br)c1O. The fraction of sp³-hybridized carbons (Fsp3) is 0.211. The molecule has 2 aromatic rings. The summed E-state index contributed by atoms with van der Waals surface area (Å²) in [5.41, 5.74) is 5.23. The van der Waals surface area contributed by atoms with Crippen LogP contribution >= 0.6 is 15.9 Å². The van der Waals surface area contributed by atoms with Crippen molar-refractivity contribution in [1.29, 1.82) is 0 Å². The highest BCUT2D eigenvalue weighted by molar-refractivity contribution is 9.10. The molecule has 0 aliphatic rings. The van der Waals surface area contributed by atoms with Gasteiger partial charge in [-0.25, -0.2) is 5.43 Å². The molecule has 0 radical (unpaired) electrons. The van der Waals surface area contributed by atoms with Crippen LogP contribution < -0.4 is 15.5 Å². The number of hydrogen-bond donors (Lipinski definition) is 3. The second-order valence-corrected chi connectivity index (χ2v) is 6.67. The van der Waals surface area contributed by atoms with E-state index in [9.17, 15) is 14.7 Å². The van der Waals surface area contributed by atoms with E-state index in [-0.39, 0.29) is 11.5 Å². The first-order chi connectivity index (χ1) is 12.8. The number of carbonyl (C=O) groups is 2. The smallest absolute Gasteiger partial charge is 0.329 e. The number of carbonyl (C=O) groups excluding carboxylic acids is 2. The monoisotopic (exact) mass is 433 g/mol. The highest BCUT2D eigenvalue weighted by Crippen LogP contribution is 2.35. The summed E-state index contributed by atoms with van der Waals surface area (Å²) in [5.74, 6) is -1.45. The zero-order valence-corrected chi connectivity index (χ0v) is 16.8. The molecule has 0 fully saturated rings. The maximum atomic E-state index is 12.0. The van der Waals surface area contributed by atoms with E-state index in [0.717, 1.165) is 11.1 Å². The van der Waals surface area contributed by atoms with Gasteiger partial charge in [0.15, 0.2) is 11.5 Å². The maximum Gasteiger partial charge on any atom is 0.329 e. The lowest BCUT2D eigenvalue weighted by molar-refractivity contribution is -0.136. The van der Waals surface area contributed by atoms with Crippen LogP contribution in [-0.4, -0.2) is 29.7 Å². The number of ether oxygens (including phenoxy) is 1. The van der Waals surface area contributed by atoms with E-state index in [1.165, 1.54) is 6.21 Å². The van der Waals surface area contributed by atoms with Gasteiger partial charge < -0.3 is 15.2 Å². The van der Waals surface area contributed by atoms with E-state index in [0.29, 0.717) is 22.3 Å². The van der Waals surface area contributed by atoms with Crippen LogP contribution in [0.25, 0.3) is 0 Å². The molecule has 142 valence electrons. The van der Waals surface area contributed by atoms with E-state index in [4.69, 9.17) is 4.74 Å². The normalized spacial score (nSPS) is 10.7. The molecule has 0 atom stereocenters. The Morgan fingerprint density at radius 3 is 2.44 bits per heavy atom. The first-order valence-electron chi connectivity index (χ1n) is 8.18. The Hall–Kier alpha value is -2.87. The number of amides is 2. The molecule has 0 heterocycles. The minimum absolute atomic E-state index is 0.0224. The van der Waals surface area contributed by atoms with Gasteiger partial charge in [-0.3, -0.25) is 9.59 Å². The van der Waals surface area contributed by atoms with Gasteiger partial charge in [0.1, 0.15) is 0 Å². The Morgan fingerprint density at radius 2 is 1.81 bits per heavy atom. The predicted octanol–water partition coefficient (Wildman–Crippen LogP) is 3.26. The van der Waals surface area contributed by atoms with Crippen molar-refractivity contribution in [3.05, 3.63) is 51.5 Å². The predicted molar refractivity (Wildman–Crippen MR) is 107 cm³/mol. The lowest BCUT2D eigenvalue weighted by atomic mass is 10.1. The van der Waals surface area contributed by atoms with Crippen LogP contribution in [0.1, 0.15) is 23.6 Å². The second kappa shape index (κ2) is 9.18. The van der Waals surface area contributed by atoms with Crippen LogP contribution in [-0.2, 0) is 9.59 Å². The maximum absolute atomic E-state index is 12.0.